The second kappa shape index (κ2) is 5.58. The monoisotopic (exact) mass is 331 g/mol. The van der Waals surface area contributed by atoms with E-state index in [1.165, 1.54) is 5.56 Å². The van der Waals surface area contributed by atoms with Crippen molar-refractivity contribution in [3.63, 3.8) is 0 Å². The summed E-state index contributed by atoms with van der Waals surface area (Å²) in [5, 5.41) is 0. The maximum absolute atomic E-state index is 4.58. The zero-order valence-electron chi connectivity index (χ0n) is 11.1. The van der Waals surface area contributed by atoms with Gasteiger partial charge in [-0.25, -0.2) is 9.97 Å². The molecule has 5 nitrogen and oxygen atoms in total. The van der Waals surface area contributed by atoms with Gasteiger partial charge in [0.15, 0.2) is 11.5 Å². The molecule has 0 unspecified atom stereocenters. The summed E-state index contributed by atoms with van der Waals surface area (Å²) in [4.78, 5) is 15.2. The van der Waals surface area contributed by atoms with Crippen molar-refractivity contribution in [1.29, 1.82) is 0 Å². The van der Waals surface area contributed by atoms with Gasteiger partial charge in [-0.3, -0.25) is 4.98 Å². The van der Waals surface area contributed by atoms with E-state index in [1.54, 1.807) is 6.20 Å². The number of hydrogen-bond acceptors (Lipinski definition) is 4. The molecule has 3 rings (SSSR count). The van der Waals surface area contributed by atoms with E-state index in [4.69, 9.17) is 0 Å². The Kier molecular flexibility index (Phi) is 3.64. The van der Waals surface area contributed by atoms with Crippen LogP contribution in [0.4, 0.5) is 5.82 Å². The zero-order valence-corrected chi connectivity index (χ0v) is 12.7. The molecule has 0 saturated heterocycles. The Morgan fingerprint density at radius 1 is 1.25 bits per heavy atom. The van der Waals surface area contributed by atoms with Crippen LogP contribution in [-0.2, 0) is 6.54 Å². The summed E-state index contributed by atoms with van der Waals surface area (Å²) in [6.07, 6.45) is 9.23. The molecule has 102 valence electrons. The van der Waals surface area contributed by atoms with E-state index in [0.717, 1.165) is 29.2 Å². The van der Waals surface area contributed by atoms with Gasteiger partial charge in [-0.1, -0.05) is 0 Å². The van der Waals surface area contributed by atoms with Gasteiger partial charge in [-0.05, 0) is 40.5 Å². The Balaban J connectivity index is 2.01. The van der Waals surface area contributed by atoms with E-state index in [9.17, 15) is 0 Å². The quantitative estimate of drug-likeness (QED) is 0.737. The Labute approximate surface area is 125 Å². The summed E-state index contributed by atoms with van der Waals surface area (Å²) < 4.78 is 2.77. The first-order valence-electron chi connectivity index (χ1n) is 6.41. The fourth-order valence-electron chi connectivity index (χ4n) is 2.14. The molecule has 0 aliphatic heterocycles. The van der Waals surface area contributed by atoms with E-state index in [2.05, 4.69) is 42.7 Å². The number of imidazole rings is 1. The Hall–Kier alpha value is -1.95. The van der Waals surface area contributed by atoms with Gasteiger partial charge in [0.1, 0.15) is 4.60 Å². The predicted molar refractivity (Wildman–Crippen MR) is 81.6 cm³/mol. The fourth-order valence-corrected chi connectivity index (χ4v) is 2.53. The molecule has 0 spiro atoms. The summed E-state index contributed by atoms with van der Waals surface area (Å²) in [6.45, 7) is 3.75. The zero-order chi connectivity index (χ0) is 13.9. The third kappa shape index (κ3) is 2.51. The van der Waals surface area contributed by atoms with E-state index < -0.39 is 0 Å². The van der Waals surface area contributed by atoms with Crippen LogP contribution in [0.2, 0.25) is 0 Å². The number of aromatic nitrogens is 4. The summed E-state index contributed by atoms with van der Waals surface area (Å²) in [5.41, 5.74) is 2.07. The number of halogens is 1. The molecule has 0 aliphatic carbocycles. The first-order valence-corrected chi connectivity index (χ1v) is 7.20. The third-order valence-corrected chi connectivity index (χ3v) is 3.51. The molecule has 3 heterocycles. The molecular formula is C14H14BrN5. The lowest BCUT2D eigenvalue weighted by molar-refractivity contribution is 0.808. The lowest BCUT2D eigenvalue weighted by Gasteiger charge is -2.22. The molecule has 0 aromatic carbocycles. The lowest BCUT2D eigenvalue weighted by Crippen LogP contribution is -2.24. The van der Waals surface area contributed by atoms with Crippen molar-refractivity contribution in [1.82, 2.24) is 19.4 Å². The minimum atomic E-state index is 0.783. The SMILES string of the molecule is CCN(Cc1ccncc1)c1nc(Br)cn2ccnc12. The molecule has 0 bridgehead atoms. The van der Waals surface area contributed by atoms with Gasteiger partial charge < -0.3 is 9.30 Å². The van der Waals surface area contributed by atoms with Crippen LogP contribution in [0.5, 0.6) is 0 Å². The fraction of sp³-hybridized carbons (Fsp3) is 0.214. The van der Waals surface area contributed by atoms with Crippen LogP contribution < -0.4 is 4.90 Å². The molecule has 20 heavy (non-hydrogen) atoms. The highest BCUT2D eigenvalue weighted by atomic mass is 79.9. The minimum Gasteiger partial charge on any atom is -0.349 e. The van der Waals surface area contributed by atoms with Crippen LogP contribution in [0.1, 0.15) is 12.5 Å². The van der Waals surface area contributed by atoms with Crippen molar-refractivity contribution in [3.8, 4) is 0 Å². The van der Waals surface area contributed by atoms with Gasteiger partial charge in [0.05, 0.1) is 0 Å². The summed E-state index contributed by atoms with van der Waals surface area (Å²) in [7, 11) is 0. The van der Waals surface area contributed by atoms with Crippen molar-refractivity contribution < 1.29 is 0 Å². The van der Waals surface area contributed by atoms with Crippen molar-refractivity contribution in [2.24, 2.45) is 0 Å². The molecule has 6 heteroatoms. The topological polar surface area (TPSA) is 46.3 Å². The van der Waals surface area contributed by atoms with Crippen LogP contribution in [0.15, 0.2) is 47.7 Å². The van der Waals surface area contributed by atoms with E-state index in [0.29, 0.717) is 0 Å². The maximum Gasteiger partial charge on any atom is 0.180 e. The Morgan fingerprint density at radius 2 is 2.05 bits per heavy atom. The molecule has 3 aromatic rings. The number of nitrogens with zero attached hydrogens (tertiary/aromatic N) is 5. The second-order valence-electron chi connectivity index (χ2n) is 4.41. The van der Waals surface area contributed by atoms with Crippen LogP contribution in [0, 0.1) is 0 Å². The largest absolute Gasteiger partial charge is 0.349 e. The van der Waals surface area contributed by atoms with Gasteiger partial charge in [-0.2, -0.15) is 0 Å². The van der Waals surface area contributed by atoms with Crippen molar-refractivity contribution >= 4 is 27.4 Å². The average Bonchev–Trinajstić information content (AvgIpc) is 2.93. The highest BCUT2D eigenvalue weighted by Gasteiger charge is 2.13. The van der Waals surface area contributed by atoms with Crippen LogP contribution in [0.3, 0.4) is 0 Å². The highest BCUT2D eigenvalue weighted by molar-refractivity contribution is 9.10. The van der Waals surface area contributed by atoms with Crippen LogP contribution in [0.25, 0.3) is 5.65 Å². The van der Waals surface area contributed by atoms with E-state index >= 15 is 0 Å². The van der Waals surface area contributed by atoms with Crippen molar-refractivity contribution in [3.05, 3.63) is 53.3 Å². The molecular weight excluding hydrogens is 318 g/mol. The average molecular weight is 332 g/mol. The van der Waals surface area contributed by atoms with Gasteiger partial charge >= 0.3 is 0 Å². The van der Waals surface area contributed by atoms with E-state index in [1.807, 2.05) is 41.3 Å². The summed E-state index contributed by atoms with van der Waals surface area (Å²) in [6, 6.07) is 4.03. The van der Waals surface area contributed by atoms with Gasteiger partial charge in [0.2, 0.25) is 0 Å². The number of rotatable bonds is 4. The second-order valence-corrected chi connectivity index (χ2v) is 5.23. The number of fused-ring (bicyclic) bond motifs is 1. The van der Waals surface area contributed by atoms with E-state index in [-0.39, 0.29) is 0 Å². The minimum absolute atomic E-state index is 0.783. The summed E-state index contributed by atoms with van der Waals surface area (Å²) >= 11 is 3.45. The van der Waals surface area contributed by atoms with Gasteiger partial charge in [-0.15, -0.1) is 0 Å². The molecule has 0 atom stereocenters. The van der Waals surface area contributed by atoms with Gasteiger partial charge in [0.25, 0.3) is 0 Å². The molecule has 0 N–H and O–H groups in total. The third-order valence-electron chi connectivity index (χ3n) is 3.13. The molecule has 0 fully saturated rings. The van der Waals surface area contributed by atoms with Crippen molar-refractivity contribution in [2.45, 2.75) is 13.5 Å². The lowest BCUT2D eigenvalue weighted by atomic mass is 10.2. The first-order chi connectivity index (χ1) is 9.78. The normalized spacial score (nSPS) is 10.9. The van der Waals surface area contributed by atoms with Crippen LogP contribution in [-0.4, -0.2) is 25.9 Å². The number of pyridine rings is 1. The Bertz CT molecular complexity index is 710. The molecule has 0 aliphatic rings. The maximum atomic E-state index is 4.58. The molecule has 0 radical (unpaired) electrons. The number of anilines is 1. The highest BCUT2D eigenvalue weighted by Crippen LogP contribution is 2.22. The predicted octanol–water partition coefficient (Wildman–Crippen LogP) is 2.91. The molecule has 3 aromatic heterocycles. The van der Waals surface area contributed by atoms with Gasteiger partial charge in [0, 0.05) is 44.1 Å². The molecule has 0 amide bonds. The summed E-state index contributed by atoms with van der Waals surface area (Å²) in [5.74, 6) is 0.878. The smallest absolute Gasteiger partial charge is 0.180 e. The number of hydrogen-bond donors (Lipinski definition) is 0. The van der Waals surface area contributed by atoms with Crippen LogP contribution >= 0.6 is 15.9 Å². The molecule has 0 saturated carbocycles. The standard InChI is InChI=1S/C14H14BrN5/c1-2-19(9-11-3-5-16-6-4-11)14-13-17-7-8-20(13)10-12(15)18-14/h3-8,10H,2,9H2,1H3. The first kappa shape index (κ1) is 13.1. The Morgan fingerprint density at radius 3 is 2.80 bits per heavy atom. The van der Waals surface area contributed by atoms with Crippen molar-refractivity contribution in [2.75, 3.05) is 11.4 Å².